The highest BCUT2D eigenvalue weighted by Gasteiger charge is 2.55. The lowest BCUT2D eigenvalue weighted by molar-refractivity contribution is -0.0597. The molecule has 0 spiro atoms. The van der Waals surface area contributed by atoms with Crippen molar-refractivity contribution in [3.05, 3.63) is 210 Å². The number of carbonyl (C=O) groups is 4. The number of nitrogens with zero attached hydrogens (tertiary/aromatic N) is 2. The molecule has 4 heterocycles. The second-order valence-electron chi connectivity index (χ2n) is 16.8. The van der Waals surface area contributed by atoms with Crippen LogP contribution >= 0.6 is 31.3 Å². The maximum Gasteiger partial charge on any atom is 0.490 e. The third-order valence-electron chi connectivity index (χ3n) is 11.3. The van der Waals surface area contributed by atoms with E-state index >= 15 is 0 Å². The predicted octanol–water partition coefficient (Wildman–Crippen LogP) is 3.27. The number of phosphoric ester groups is 2. The summed E-state index contributed by atoms with van der Waals surface area (Å²) in [6.45, 7) is -2.70. The number of hydrogen-bond acceptors (Lipinski definition) is 23. The first-order valence-corrected chi connectivity index (χ1v) is 29.1. The lowest BCUT2D eigenvalue weighted by Gasteiger charge is -2.25. The normalized spacial score (nSPS) is 23.6. The molecule has 6 aromatic rings. The van der Waals surface area contributed by atoms with Crippen LogP contribution in [0.25, 0.3) is 0 Å². The molecule has 6 N–H and O–H groups in total. The van der Waals surface area contributed by atoms with E-state index in [-0.39, 0.29) is 22.3 Å². The molecular weight excluding hydrogens is 1160 g/mol. The molecule has 0 aliphatic carbocycles. The van der Waals surface area contributed by atoms with E-state index in [0.717, 1.165) is 24.5 Å². The van der Waals surface area contributed by atoms with Gasteiger partial charge in [-0.2, -0.15) is 12.9 Å². The highest BCUT2D eigenvalue weighted by Crippen LogP contribution is 2.71. The van der Waals surface area contributed by atoms with Crippen LogP contribution in [0.2, 0.25) is 0 Å². The molecule has 4 aromatic carbocycles. The largest absolute Gasteiger partial charge is 0.490 e. The minimum atomic E-state index is -6.52. The van der Waals surface area contributed by atoms with Crippen molar-refractivity contribution in [2.45, 2.75) is 49.1 Å². The summed E-state index contributed by atoms with van der Waals surface area (Å²) in [6.07, 6.45) is -13.2. The summed E-state index contributed by atoms with van der Waals surface area (Å²) < 4.78 is 110. The van der Waals surface area contributed by atoms with Crippen molar-refractivity contribution in [3.8, 4) is 0 Å². The zero-order valence-electron chi connectivity index (χ0n) is 40.8. The Morgan fingerprint density at radius 2 is 0.691 bits per heavy atom. The second-order valence-corrected chi connectivity index (χ2v) is 23.0. The SMILES string of the molecule is O=C(O[C@@H]1[C@H](OC(=O)c2ccccc2)[C@@H](COP(=O)(O)OP(=O)(O)OP(=O)(O)OP(=O)(O)OC[C@H]2O[C@@H](n3ccc(=O)[nH]c3=O)[C@H](OC(=O)c3ccccc3)[C@@H]2OC(=O)c2ccccc2)O[C@H]1n1ccc(=O)[nH]c1=O)c1ccccc1. The number of aromatic amines is 2. The van der Waals surface area contributed by atoms with Crippen LogP contribution in [0.3, 0.4) is 0 Å². The fourth-order valence-corrected chi connectivity index (χ4v) is 12.7. The van der Waals surface area contributed by atoms with E-state index in [1.54, 1.807) is 24.3 Å². The van der Waals surface area contributed by atoms with Gasteiger partial charge in [-0.1, -0.05) is 72.8 Å². The number of carbonyl (C=O) groups excluding carboxylic acids is 4. The van der Waals surface area contributed by atoms with Crippen LogP contribution in [0.5, 0.6) is 0 Å². The van der Waals surface area contributed by atoms with Gasteiger partial charge in [0.05, 0.1) is 35.5 Å². The Bertz CT molecular complexity index is 3480. The van der Waals surface area contributed by atoms with Crippen molar-refractivity contribution >= 4 is 55.2 Å². The lowest BCUT2D eigenvalue weighted by Crippen LogP contribution is -2.42. The maximum atomic E-state index is 13.5. The Hall–Kier alpha value is -7.40. The van der Waals surface area contributed by atoms with Gasteiger partial charge in [0.15, 0.2) is 36.9 Å². The Balaban J connectivity index is 0.979. The topological polar surface area (TPSA) is 429 Å². The van der Waals surface area contributed by atoms with Gasteiger partial charge >= 0.3 is 66.5 Å². The predicted molar refractivity (Wildman–Crippen MR) is 268 cm³/mol. The van der Waals surface area contributed by atoms with Crippen molar-refractivity contribution in [2.75, 3.05) is 13.2 Å². The smallest absolute Gasteiger partial charge is 0.452 e. The minimum Gasteiger partial charge on any atom is -0.452 e. The van der Waals surface area contributed by atoms with E-state index in [1.807, 2.05) is 9.97 Å². The van der Waals surface area contributed by atoms with E-state index in [0.29, 0.717) is 9.13 Å². The van der Waals surface area contributed by atoms with Gasteiger partial charge in [0.2, 0.25) is 0 Å². The summed E-state index contributed by atoms with van der Waals surface area (Å²) in [7, 11) is -25.3. The Labute approximate surface area is 452 Å². The van der Waals surface area contributed by atoms with Crippen LogP contribution in [0.1, 0.15) is 53.9 Å². The van der Waals surface area contributed by atoms with E-state index in [2.05, 4.69) is 12.9 Å². The van der Waals surface area contributed by atoms with Gasteiger partial charge < -0.3 is 48.0 Å². The zero-order valence-corrected chi connectivity index (χ0v) is 44.3. The number of phosphoric acid groups is 4. The van der Waals surface area contributed by atoms with Crippen molar-refractivity contribution in [3.63, 3.8) is 0 Å². The number of hydrogen-bond donors (Lipinski definition) is 6. The molecule has 0 radical (unpaired) electrons. The fraction of sp³-hybridized carbons (Fsp3) is 0.217. The molecule has 31 nitrogen and oxygen atoms in total. The average Bonchev–Trinajstić information content (AvgIpc) is 3.97. The van der Waals surface area contributed by atoms with Crippen molar-refractivity contribution in [1.82, 2.24) is 19.1 Å². The monoisotopic (exact) mass is 1210 g/mol. The van der Waals surface area contributed by atoms with Gasteiger partial charge in [0, 0.05) is 24.5 Å². The molecule has 4 unspecified atom stereocenters. The molecule has 35 heteroatoms. The molecule has 81 heavy (non-hydrogen) atoms. The molecule has 2 saturated heterocycles. The molecule has 2 fully saturated rings. The number of nitrogens with one attached hydrogen (secondary N) is 2. The molecule has 2 aromatic heterocycles. The number of ether oxygens (including phenoxy) is 6. The molecule has 2 aliphatic rings. The standard InChI is InChI=1S/C46H42N4O27P4/c51-33-21-23-49(45(57)47-33)39-37(73-43(55)29-17-9-3-10-18-29)35(71-41(53)27-13-5-1-6-14-27)31(69-39)25-67-78(59,60)75-80(63,64)77-81(65,66)76-79(61,62)68-26-32-36(72-42(54)28-15-7-2-8-16-28)38(74-44(56)30-19-11-4-12-20-30)40(70-32)50-24-22-34(52)48-46(50)58/h1-24,31-32,35-40H,25-26H2,(H,59,60)(H,61,62)(H,63,64)(H,65,66)(H,47,51,57)(H,48,52,58)/t31-,32-,35-,36-,37-,38-,39-,40-/m1/s1. The van der Waals surface area contributed by atoms with Crippen LogP contribution in [-0.2, 0) is 68.7 Å². The minimum absolute atomic E-state index is 0.0639. The molecule has 428 valence electrons. The van der Waals surface area contributed by atoms with E-state index in [9.17, 15) is 76.2 Å². The quantitative estimate of drug-likeness (QED) is 0.0323. The molecule has 0 amide bonds. The first-order valence-electron chi connectivity index (χ1n) is 23.1. The van der Waals surface area contributed by atoms with Crippen LogP contribution in [-0.4, -0.2) is 112 Å². The number of esters is 4. The van der Waals surface area contributed by atoms with Crippen molar-refractivity contribution < 1.29 is 107 Å². The summed E-state index contributed by atoms with van der Waals surface area (Å²) in [5.41, 5.74) is -4.39. The number of rotatable bonds is 22. The Kier molecular flexibility index (Phi) is 18.6. The Morgan fingerprint density at radius 3 is 0.975 bits per heavy atom. The average molecular weight is 1210 g/mol. The summed E-state index contributed by atoms with van der Waals surface area (Å²) in [4.78, 5) is 150. The second kappa shape index (κ2) is 25.2. The third-order valence-corrected chi connectivity index (χ3v) is 17.2. The van der Waals surface area contributed by atoms with Crippen LogP contribution in [0, 0.1) is 0 Å². The van der Waals surface area contributed by atoms with Gasteiger partial charge in [-0.3, -0.25) is 37.7 Å². The summed E-state index contributed by atoms with van der Waals surface area (Å²) in [5, 5.41) is 0. The first kappa shape index (κ1) is 59.7. The van der Waals surface area contributed by atoms with Gasteiger partial charge in [-0.15, -0.1) is 0 Å². The van der Waals surface area contributed by atoms with Crippen LogP contribution in [0.15, 0.2) is 165 Å². The van der Waals surface area contributed by atoms with Crippen LogP contribution < -0.4 is 22.5 Å². The summed E-state index contributed by atoms with van der Waals surface area (Å²) in [6, 6.07) is 30.2. The first-order chi connectivity index (χ1) is 38.4. The van der Waals surface area contributed by atoms with E-state index in [1.165, 1.54) is 97.1 Å². The van der Waals surface area contributed by atoms with Gasteiger partial charge in [-0.05, 0) is 48.5 Å². The molecule has 2 aliphatic heterocycles. The van der Waals surface area contributed by atoms with Crippen molar-refractivity contribution in [2.24, 2.45) is 0 Å². The Morgan fingerprint density at radius 1 is 0.420 bits per heavy atom. The summed E-state index contributed by atoms with van der Waals surface area (Å²) >= 11 is 0. The lowest BCUT2D eigenvalue weighted by atomic mass is 10.1. The van der Waals surface area contributed by atoms with Gasteiger partial charge in [0.1, 0.15) is 12.2 Å². The third kappa shape index (κ3) is 15.5. The van der Waals surface area contributed by atoms with Crippen molar-refractivity contribution in [1.29, 1.82) is 0 Å². The highest BCUT2D eigenvalue weighted by molar-refractivity contribution is 7.69. The number of aromatic nitrogens is 4. The fourth-order valence-electron chi connectivity index (χ4n) is 7.79. The highest BCUT2D eigenvalue weighted by atomic mass is 31.3. The molecule has 8 rings (SSSR count). The molecule has 0 bridgehead atoms. The van der Waals surface area contributed by atoms with Gasteiger partial charge in [-0.25, -0.2) is 47.0 Å². The maximum absolute atomic E-state index is 13.5. The summed E-state index contributed by atoms with van der Waals surface area (Å²) in [5.74, 6) is -4.40. The molecule has 12 atom stereocenters. The van der Waals surface area contributed by atoms with E-state index < -0.39 is 140 Å². The van der Waals surface area contributed by atoms with Gasteiger partial charge in [0.25, 0.3) is 11.1 Å². The zero-order chi connectivity index (χ0) is 58.3. The number of benzene rings is 4. The number of H-pyrrole nitrogens is 2. The molecule has 0 saturated carbocycles. The molecular formula is C46H42N4O27P4. The van der Waals surface area contributed by atoms with Crippen LogP contribution in [0.4, 0.5) is 0 Å². The van der Waals surface area contributed by atoms with E-state index in [4.69, 9.17) is 37.5 Å².